The Balaban J connectivity index is 2.32. The number of aromatic amines is 1. The summed E-state index contributed by atoms with van der Waals surface area (Å²) in [5.74, 6) is 0.189. The Morgan fingerprint density at radius 3 is 3.45 bits per heavy atom. The fraction of sp³-hybridized carbons (Fsp3) is 0.200. The highest BCUT2D eigenvalue weighted by atomic mass is 16.2. The number of nitrogens with one attached hydrogen (secondary N) is 3. The molecular weight excluding hydrogens is 146 g/mol. The topological polar surface area (TPSA) is 95.8 Å². The van der Waals surface area contributed by atoms with Crippen LogP contribution in [0.15, 0.2) is 6.33 Å². The van der Waals surface area contributed by atoms with E-state index in [-0.39, 0.29) is 5.91 Å². The molecule has 0 saturated carbocycles. The molecule has 5 N–H and O–H groups in total. The molecule has 1 aromatic heterocycles. The van der Waals surface area contributed by atoms with Gasteiger partial charge in [-0.1, -0.05) is 0 Å². The van der Waals surface area contributed by atoms with Gasteiger partial charge < -0.3 is 15.6 Å². The van der Waals surface area contributed by atoms with E-state index in [0.717, 1.165) is 0 Å². The zero-order valence-corrected chi connectivity index (χ0v) is 5.51. The molecule has 0 aromatic carbocycles. The van der Waals surface area contributed by atoms with Crippen LogP contribution in [0, 0.1) is 0 Å². The van der Waals surface area contributed by atoms with E-state index in [4.69, 9.17) is 1.41 Å². The second-order valence-corrected chi connectivity index (χ2v) is 2.18. The predicted octanol–water partition coefficient (Wildman–Crippen LogP) is -1.19. The van der Waals surface area contributed by atoms with Crippen molar-refractivity contribution in [3.8, 4) is 0 Å². The smallest absolute Gasteiger partial charge is 0.274 e. The number of amides is 1. The van der Waals surface area contributed by atoms with Crippen LogP contribution in [0.4, 0.5) is 5.82 Å². The SMILES string of the molecule is [3H]NC1NC(=O)c2[nH]cnc2N1. The maximum atomic E-state index is 11.2. The number of H-pyrrole nitrogens is 1. The Kier molecular flexibility index (Phi) is 0.915. The third-order valence-corrected chi connectivity index (χ3v) is 1.42. The summed E-state index contributed by atoms with van der Waals surface area (Å²) in [6.45, 7) is 0. The normalized spacial score (nSPS) is 23.1. The van der Waals surface area contributed by atoms with E-state index in [0.29, 0.717) is 11.5 Å². The van der Waals surface area contributed by atoms with Crippen molar-refractivity contribution in [1.29, 1.82) is 0 Å². The number of nitrogens with zero attached hydrogens (tertiary/aromatic N) is 1. The molecular formula is C5H7N5O. The predicted molar refractivity (Wildman–Crippen MR) is 37.7 cm³/mol. The highest BCUT2D eigenvalue weighted by molar-refractivity contribution is 5.98. The average Bonchev–Trinajstić information content (AvgIpc) is 2.52. The van der Waals surface area contributed by atoms with Crippen molar-refractivity contribution in [3.63, 3.8) is 0 Å². The van der Waals surface area contributed by atoms with Crippen LogP contribution in [0.2, 0.25) is 1.41 Å². The van der Waals surface area contributed by atoms with Gasteiger partial charge in [-0.25, -0.2) is 4.98 Å². The number of hydrogen-bond acceptors (Lipinski definition) is 4. The number of rotatable bonds is 1. The molecule has 1 aromatic rings. The van der Waals surface area contributed by atoms with Crippen molar-refractivity contribution < 1.29 is 6.21 Å². The van der Waals surface area contributed by atoms with Crippen molar-refractivity contribution in [2.24, 2.45) is 5.73 Å². The zero-order chi connectivity index (χ0) is 8.55. The Bertz CT molecular complexity index is 311. The lowest BCUT2D eigenvalue weighted by atomic mass is 10.3. The summed E-state index contributed by atoms with van der Waals surface area (Å²) in [7, 11) is 0. The standard InChI is InChI=1S/C5H7N5O/c6-5-9-3-2(4(11)10-5)7-1-8-3/h1,5,9H,6H2,(H,7,8)(H,10,11)/i/hT. The van der Waals surface area contributed by atoms with Crippen LogP contribution in [-0.2, 0) is 0 Å². The highest BCUT2D eigenvalue weighted by Gasteiger charge is 2.22. The molecule has 1 aliphatic heterocycles. The first-order valence-electron chi connectivity index (χ1n) is 3.59. The second kappa shape index (κ2) is 1.96. The van der Waals surface area contributed by atoms with Crippen LogP contribution in [0.5, 0.6) is 0 Å². The number of aromatic nitrogens is 2. The van der Waals surface area contributed by atoms with E-state index in [1.807, 2.05) is 0 Å². The molecule has 0 radical (unpaired) electrons. The minimum absolute atomic E-state index is 0.272. The molecule has 1 amide bonds. The van der Waals surface area contributed by atoms with Crippen molar-refractivity contribution in [2.75, 3.05) is 5.32 Å². The first-order chi connectivity index (χ1) is 5.81. The van der Waals surface area contributed by atoms with Gasteiger partial charge in [0.05, 0.1) is 6.33 Å². The number of nitrogens with two attached hydrogens (primary N) is 1. The van der Waals surface area contributed by atoms with Crippen LogP contribution in [-0.4, -0.2) is 22.2 Å². The fourth-order valence-electron chi connectivity index (χ4n) is 0.953. The van der Waals surface area contributed by atoms with Crippen molar-refractivity contribution in [3.05, 3.63) is 12.0 Å². The molecule has 0 saturated heterocycles. The molecule has 58 valence electrons. The summed E-state index contributed by atoms with van der Waals surface area (Å²) in [5.41, 5.74) is 2.51. The fourth-order valence-corrected chi connectivity index (χ4v) is 0.953. The molecule has 11 heavy (non-hydrogen) atoms. The van der Waals surface area contributed by atoms with Crippen molar-refractivity contribution in [2.45, 2.75) is 6.29 Å². The Morgan fingerprint density at radius 2 is 2.64 bits per heavy atom. The Morgan fingerprint density at radius 1 is 1.73 bits per heavy atom. The monoisotopic (exact) mass is 155 g/mol. The average molecular weight is 155 g/mol. The largest absolute Gasteiger partial charge is 0.339 e. The number of carbonyl (C=O) groups is 1. The number of hydrogen-bond donors (Lipinski definition) is 4. The molecule has 1 atom stereocenters. The van der Waals surface area contributed by atoms with Crippen molar-refractivity contribution >= 4 is 11.7 Å². The number of fused-ring (bicyclic) bond motifs is 1. The first-order valence-corrected chi connectivity index (χ1v) is 3.09. The van der Waals surface area contributed by atoms with E-state index in [1.165, 1.54) is 6.33 Å². The van der Waals surface area contributed by atoms with Gasteiger partial charge in [-0.2, -0.15) is 0 Å². The first kappa shape index (κ1) is 5.14. The molecule has 0 aliphatic carbocycles. The maximum absolute atomic E-state index is 11.2. The van der Waals surface area contributed by atoms with Gasteiger partial charge in [0.25, 0.3) is 5.91 Å². The van der Waals surface area contributed by atoms with Gasteiger partial charge >= 0.3 is 0 Å². The van der Waals surface area contributed by atoms with Gasteiger partial charge in [0.1, 0.15) is 7.11 Å². The molecule has 0 bridgehead atoms. The molecule has 1 unspecified atom stereocenters. The van der Waals surface area contributed by atoms with Crippen LogP contribution in [0.3, 0.4) is 0 Å². The summed E-state index contributed by atoms with van der Waals surface area (Å²) in [5, 5.41) is 5.27. The summed E-state index contributed by atoms with van der Waals surface area (Å²) in [6.07, 6.45) is 0.845. The van der Waals surface area contributed by atoms with Gasteiger partial charge in [-0.15, -0.1) is 0 Å². The number of anilines is 1. The van der Waals surface area contributed by atoms with E-state index < -0.39 is 6.29 Å². The van der Waals surface area contributed by atoms with E-state index in [9.17, 15) is 4.79 Å². The van der Waals surface area contributed by atoms with Crippen LogP contribution >= 0.6 is 0 Å². The quantitative estimate of drug-likeness (QED) is 0.410. The highest BCUT2D eigenvalue weighted by Crippen LogP contribution is 2.12. The molecule has 0 spiro atoms. The lowest BCUT2D eigenvalue weighted by molar-refractivity contribution is 0.0932. The molecule has 0 fully saturated rings. The van der Waals surface area contributed by atoms with Crippen LogP contribution in [0.25, 0.3) is 0 Å². The second-order valence-electron chi connectivity index (χ2n) is 2.18. The minimum Gasteiger partial charge on any atom is -0.339 e. The molecule has 2 rings (SSSR count). The molecule has 6 heteroatoms. The van der Waals surface area contributed by atoms with E-state index >= 15 is 0 Å². The number of carbonyl (C=O) groups excluding carboxylic acids is 1. The van der Waals surface area contributed by atoms with E-state index in [1.54, 1.807) is 0 Å². The van der Waals surface area contributed by atoms with Crippen molar-refractivity contribution in [1.82, 2.24) is 15.3 Å². The number of imidazole rings is 1. The van der Waals surface area contributed by atoms with Gasteiger partial charge in [0.2, 0.25) is 0 Å². The third-order valence-electron chi connectivity index (χ3n) is 1.42. The Hall–Kier alpha value is -1.56. The van der Waals surface area contributed by atoms with Crippen LogP contribution < -0.4 is 16.4 Å². The summed E-state index contributed by atoms with van der Waals surface area (Å²) < 4.78 is 6.82. The lowest BCUT2D eigenvalue weighted by Crippen LogP contribution is -2.50. The third kappa shape index (κ3) is 0.838. The minimum atomic E-state index is -0.576. The molecule has 2 heterocycles. The molecule has 1 aliphatic rings. The maximum Gasteiger partial charge on any atom is 0.274 e. The van der Waals surface area contributed by atoms with Crippen LogP contribution in [0.1, 0.15) is 10.5 Å². The Labute approximate surface area is 63.6 Å². The lowest BCUT2D eigenvalue weighted by Gasteiger charge is -2.20. The summed E-state index contributed by atoms with van der Waals surface area (Å²) >= 11 is 0. The van der Waals surface area contributed by atoms with Gasteiger partial charge in [0.15, 0.2) is 12.1 Å². The summed E-state index contributed by atoms with van der Waals surface area (Å²) in [4.78, 5) is 17.7. The van der Waals surface area contributed by atoms with Gasteiger partial charge in [-0.05, 0) is 0 Å². The van der Waals surface area contributed by atoms with Gasteiger partial charge in [0, 0.05) is 0 Å². The molecule has 6 nitrogen and oxygen atoms in total. The zero-order valence-electron chi connectivity index (χ0n) is 6.51. The summed E-state index contributed by atoms with van der Waals surface area (Å²) in [6, 6.07) is 0. The van der Waals surface area contributed by atoms with Gasteiger partial charge in [-0.3, -0.25) is 10.5 Å². The van der Waals surface area contributed by atoms with E-state index in [2.05, 4.69) is 26.3 Å².